The lowest BCUT2D eigenvalue weighted by Crippen LogP contribution is -2.37. The Balaban J connectivity index is 1.51. The summed E-state index contributed by atoms with van der Waals surface area (Å²) < 4.78 is 5.96. The van der Waals surface area contributed by atoms with E-state index in [1.165, 1.54) is 64.2 Å². The monoisotopic (exact) mass is 253 g/mol. The lowest BCUT2D eigenvalue weighted by Gasteiger charge is -2.29. The molecule has 2 nitrogen and oxygen atoms in total. The third-order valence-corrected chi connectivity index (χ3v) is 4.83. The van der Waals surface area contributed by atoms with Gasteiger partial charge < -0.3 is 10.1 Å². The minimum absolute atomic E-state index is 0.561. The van der Waals surface area contributed by atoms with Crippen LogP contribution in [0.25, 0.3) is 0 Å². The second-order valence-corrected chi connectivity index (χ2v) is 6.27. The fourth-order valence-corrected chi connectivity index (χ4v) is 3.54. The van der Waals surface area contributed by atoms with Gasteiger partial charge in [-0.2, -0.15) is 0 Å². The van der Waals surface area contributed by atoms with Gasteiger partial charge >= 0.3 is 0 Å². The largest absolute Gasteiger partial charge is 0.377 e. The Morgan fingerprint density at radius 3 is 2.22 bits per heavy atom. The van der Waals surface area contributed by atoms with Crippen molar-refractivity contribution in [1.82, 2.24) is 5.32 Å². The van der Waals surface area contributed by atoms with Gasteiger partial charge in [-0.15, -0.1) is 0 Å². The molecule has 2 aliphatic rings. The second-order valence-electron chi connectivity index (χ2n) is 6.27. The highest BCUT2D eigenvalue weighted by molar-refractivity contribution is 4.75. The Kier molecular flexibility index (Phi) is 6.50. The zero-order chi connectivity index (χ0) is 12.6. The molecule has 0 amide bonds. The van der Waals surface area contributed by atoms with Gasteiger partial charge in [-0.05, 0) is 38.5 Å². The van der Waals surface area contributed by atoms with Gasteiger partial charge in [-0.3, -0.25) is 0 Å². The van der Waals surface area contributed by atoms with Crippen LogP contribution in [0.4, 0.5) is 0 Å². The maximum atomic E-state index is 5.96. The van der Waals surface area contributed by atoms with Crippen LogP contribution < -0.4 is 5.32 Å². The summed E-state index contributed by atoms with van der Waals surface area (Å²) in [6.07, 6.45) is 14.5. The Labute approximate surface area is 113 Å². The Bertz CT molecular complexity index is 207. The fraction of sp³-hybridized carbons (Fsp3) is 1.00. The molecule has 2 aliphatic carbocycles. The molecule has 1 N–H and O–H groups in total. The maximum absolute atomic E-state index is 5.96. The number of hydrogen-bond acceptors (Lipinski definition) is 2. The zero-order valence-electron chi connectivity index (χ0n) is 12.1. The molecule has 18 heavy (non-hydrogen) atoms. The van der Waals surface area contributed by atoms with Crippen molar-refractivity contribution in [3.8, 4) is 0 Å². The lowest BCUT2D eigenvalue weighted by molar-refractivity contribution is 0.0286. The van der Waals surface area contributed by atoms with Gasteiger partial charge in [0, 0.05) is 12.6 Å². The van der Waals surface area contributed by atoms with Crippen molar-refractivity contribution in [2.24, 2.45) is 5.92 Å². The summed E-state index contributed by atoms with van der Waals surface area (Å²) in [7, 11) is 0. The summed E-state index contributed by atoms with van der Waals surface area (Å²) in [5.41, 5.74) is 0. The van der Waals surface area contributed by atoms with Crippen LogP contribution in [0.5, 0.6) is 0 Å². The number of rotatable bonds is 6. The van der Waals surface area contributed by atoms with Crippen LogP contribution in [-0.2, 0) is 4.74 Å². The van der Waals surface area contributed by atoms with E-state index in [2.05, 4.69) is 12.2 Å². The highest BCUT2D eigenvalue weighted by atomic mass is 16.5. The smallest absolute Gasteiger partial charge is 0.0594 e. The maximum Gasteiger partial charge on any atom is 0.0594 e. The molecule has 0 radical (unpaired) electrons. The lowest BCUT2D eigenvalue weighted by atomic mass is 9.84. The molecule has 0 aliphatic heterocycles. The SMILES string of the molecule is CC(NCCOC1CCCCC1)C1CCCCC1. The first-order valence-corrected chi connectivity index (χ1v) is 8.21. The van der Waals surface area contributed by atoms with Gasteiger partial charge in [-0.25, -0.2) is 0 Å². The molecule has 2 heteroatoms. The quantitative estimate of drug-likeness (QED) is 0.725. The Morgan fingerprint density at radius 1 is 0.944 bits per heavy atom. The van der Waals surface area contributed by atoms with Crippen LogP contribution in [0.2, 0.25) is 0 Å². The molecule has 0 aromatic rings. The number of hydrogen-bond donors (Lipinski definition) is 1. The summed E-state index contributed by atoms with van der Waals surface area (Å²) in [6.45, 7) is 4.30. The zero-order valence-corrected chi connectivity index (χ0v) is 12.1. The number of nitrogens with one attached hydrogen (secondary N) is 1. The summed E-state index contributed by atoms with van der Waals surface area (Å²) >= 11 is 0. The predicted molar refractivity (Wildman–Crippen MR) is 76.9 cm³/mol. The van der Waals surface area contributed by atoms with Crippen molar-refractivity contribution >= 4 is 0 Å². The molecule has 106 valence electrons. The second kappa shape index (κ2) is 8.16. The first kappa shape index (κ1) is 14.3. The van der Waals surface area contributed by atoms with Crippen molar-refractivity contribution in [3.05, 3.63) is 0 Å². The van der Waals surface area contributed by atoms with Crippen LogP contribution in [0, 0.1) is 5.92 Å². The molecule has 1 unspecified atom stereocenters. The normalized spacial score (nSPS) is 25.2. The van der Waals surface area contributed by atoms with Gasteiger partial charge in [0.05, 0.1) is 12.7 Å². The van der Waals surface area contributed by atoms with Crippen molar-refractivity contribution < 1.29 is 4.74 Å². The third-order valence-electron chi connectivity index (χ3n) is 4.83. The first-order chi connectivity index (χ1) is 8.86. The summed E-state index contributed by atoms with van der Waals surface area (Å²) in [5.74, 6) is 0.911. The minimum Gasteiger partial charge on any atom is -0.377 e. The van der Waals surface area contributed by atoms with Gasteiger partial charge in [0.1, 0.15) is 0 Å². The number of ether oxygens (including phenoxy) is 1. The van der Waals surface area contributed by atoms with Crippen molar-refractivity contribution in [3.63, 3.8) is 0 Å². The molecule has 2 saturated carbocycles. The fourth-order valence-electron chi connectivity index (χ4n) is 3.54. The van der Waals surface area contributed by atoms with Crippen molar-refractivity contribution in [2.45, 2.75) is 83.3 Å². The van der Waals surface area contributed by atoms with E-state index in [1.807, 2.05) is 0 Å². The molecule has 0 saturated heterocycles. The standard InChI is InChI=1S/C16H31NO/c1-14(15-8-4-2-5-9-15)17-12-13-18-16-10-6-3-7-11-16/h14-17H,2-13H2,1H3. The highest BCUT2D eigenvalue weighted by Crippen LogP contribution is 2.26. The Hall–Kier alpha value is -0.0800. The molecule has 0 bridgehead atoms. The van der Waals surface area contributed by atoms with E-state index in [4.69, 9.17) is 4.74 Å². The van der Waals surface area contributed by atoms with E-state index in [1.54, 1.807) is 0 Å². The van der Waals surface area contributed by atoms with E-state index >= 15 is 0 Å². The molecule has 2 rings (SSSR count). The van der Waals surface area contributed by atoms with Crippen molar-refractivity contribution in [2.75, 3.05) is 13.2 Å². The topological polar surface area (TPSA) is 21.3 Å². The molecule has 2 fully saturated rings. The average molecular weight is 253 g/mol. The van der Waals surface area contributed by atoms with Crippen LogP contribution in [-0.4, -0.2) is 25.3 Å². The third kappa shape index (κ3) is 4.89. The summed E-state index contributed by atoms with van der Waals surface area (Å²) in [4.78, 5) is 0. The van der Waals surface area contributed by atoms with E-state index in [0.29, 0.717) is 12.1 Å². The van der Waals surface area contributed by atoms with Gasteiger partial charge in [0.15, 0.2) is 0 Å². The molecule has 1 atom stereocenters. The Morgan fingerprint density at radius 2 is 1.56 bits per heavy atom. The van der Waals surface area contributed by atoms with Crippen LogP contribution in [0.1, 0.15) is 71.1 Å². The highest BCUT2D eigenvalue weighted by Gasteiger charge is 2.19. The summed E-state index contributed by atoms with van der Waals surface area (Å²) in [5, 5.41) is 3.67. The van der Waals surface area contributed by atoms with Gasteiger partial charge in [0.2, 0.25) is 0 Å². The predicted octanol–water partition coefficient (Wildman–Crippen LogP) is 3.89. The minimum atomic E-state index is 0.561. The van der Waals surface area contributed by atoms with Crippen LogP contribution in [0.3, 0.4) is 0 Å². The van der Waals surface area contributed by atoms with Gasteiger partial charge in [-0.1, -0.05) is 38.5 Å². The molecular formula is C16H31NO. The molecule has 0 spiro atoms. The molecular weight excluding hydrogens is 222 g/mol. The first-order valence-electron chi connectivity index (χ1n) is 8.21. The van der Waals surface area contributed by atoms with Crippen LogP contribution in [0.15, 0.2) is 0 Å². The molecule has 0 aromatic heterocycles. The van der Waals surface area contributed by atoms with Crippen LogP contribution >= 0.6 is 0 Å². The van der Waals surface area contributed by atoms with Crippen molar-refractivity contribution in [1.29, 1.82) is 0 Å². The summed E-state index contributed by atoms with van der Waals surface area (Å²) in [6, 6.07) is 0.681. The van der Waals surface area contributed by atoms with E-state index in [9.17, 15) is 0 Å². The molecule has 0 aromatic carbocycles. The van der Waals surface area contributed by atoms with E-state index in [0.717, 1.165) is 19.1 Å². The molecule has 0 heterocycles. The van der Waals surface area contributed by atoms with Gasteiger partial charge in [0.25, 0.3) is 0 Å². The van der Waals surface area contributed by atoms with E-state index < -0.39 is 0 Å². The van der Waals surface area contributed by atoms with E-state index in [-0.39, 0.29) is 0 Å². The average Bonchev–Trinajstić information content (AvgIpc) is 2.45.